The van der Waals surface area contributed by atoms with Gasteiger partial charge >= 0.3 is 0 Å². The maximum absolute atomic E-state index is 12.0. The number of anilines is 1. The number of nitrogens with zero attached hydrogens (tertiary/aromatic N) is 1. The van der Waals surface area contributed by atoms with E-state index in [-0.39, 0.29) is 5.91 Å². The molecule has 1 aliphatic heterocycles. The van der Waals surface area contributed by atoms with Crippen LogP contribution in [0, 0.1) is 5.92 Å². The Labute approximate surface area is 125 Å². The van der Waals surface area contributed by atoms with Gasteiger partial charge in [0.1, 0.15) is 0 Å². The summed E-state index contributed by atoms with van der Waals surface area (Å²) in [5.41, 5.74) is 6.71. The number of carbonyl (C=O) groups is 1. The van der Waals surface area contributed by atoms with Crippen molar-refractivity contribution in [2.45, 2.75) is 19.8 Å². The molecule has 0 atom stereocenters. The van der Waals surface area contributed by atoms with Gasteiger partial charge in [0.25, 0.3) is 5.91 Å². The normalized spacial score (nSPS) is 17.1. The lowest BCUT2D eigenvalue weighted by Gasteiger charge is -2.30. The van der Waals surface area contributed by atoms with E-state index in [2.05, 4.69) is 17.1 Å². The highest BCUT2D eigenvalue weighted by Gasteiger charge is 2.15. The minimum absolute atomic E-state index is 0.121. The molecule has 0 aromatic heterocycles. The third-order valence-corrected chi connectivity index (χ3v) is 3.99. The SMILES string of the molecule is CC1CCN(CCNC(=O)c2cc(N)cc(Cl)c2)CC1. The number of amides is 1. The fraction of sp³-hybridized carbons (Fsp3) is 0.533. The summed E-state index contributed by atoms with van der Waals surface area (Å²) in [5.74, 6) is 0.708. The van der Waals surface area contributed by atoms with Gasteiger partial charge in [0, 0.05) is 29.4 Å². The van der Waals surface area contributed by atoms with Crippen LogP contribution in [0.4, 0.5) is 5.69 Å². The van der Waals surface area contributed by atoms with Crippen LogP contribution in [0.2, 0.25) is 5.02 Å². The average Bonchev–Trinajstić information content (AvgIpc) is 2.40. The Kier molecular flexibility index (Phi) is 5.26. The molecule has 20 heavy (non-hydrogen) atoms. The molecule has 0 unspecified atom stereocenters. The molecule has 2 rings (SSSR count). The zero-order valence-corrected chi connectivity index (χ0v) is 12.6. The van der Waals surface area contributed by atoms with E-state index in [1.165, 1.54) is 12.8 Å². The van der Waals surface area contributed by atoms with Gasteiger partial charge in [0.2, 0.25) is 0 Å². The van der Waals surface area contributed by atoms with Gasteiger partial charge in [-0.3, -0.25) is 4.79 Å². The van der Waals surface area contributed by atoms with E-state index in [1.807, 2.05) is 0 Å². The van der Waals surface area contributed by atoms with E-state index in [1.54, 1.807) is 18.2 Å². The van der Waals surface area contributed by atoms with Crippen LogP contribution in [-0.4, -0.2) is 37.0 Å². The van der Waals surface area contributed by atoms with Crippen LogP contribution >= 0.6 is 11.6 Å². The van der Waals surface area contributed by atoms with Crippen molar-refractivity contribution >= 4 is 23.2 Å². The second-order valence-electron chi connectivity index (χ2n) is 5.55. The van der Waals surface area contributed by atoms with E-state index in [4.69, 9.17) is 17.3 Å². The van der Waals surface area contributed by atoms with Crippen molar-refractivity contribution in [3.05, 3.63) is 28.8 Å². The van der Waals surface area contributed by atoms with E-state index in [0.29, 0.717) is 22.8 Å². The quantitative estimate of drug-likeness (QED) is 0.839. The molecular weight excluding hydrogens is 274 g/mol. The number of nitrogen functional groups attached to an aromatic ring is 1. The Bertz CT molecular complexity index is 450. The summed E-state index contributed by atoms with van der Waals surface area (Å²) in [4.78, 5) is 14.4. The number of piperidine rings is 1. The molecule has 1 aromatic rings. The van der Waals surface area contributed by atoms with Crippen LogP contribution in [0.1, 0.15) is 30.1 Å². The summed E-state index contributed by atoms with van der Waals surface area (Å²) in [6, 6.07) is 4.91. The second-order valence-corrected chi connectivity index (χ2v) is 5.99. The third-order valence-electron chi connectivity index (χ3n) is 3.77. The third kappa shape index (κ3) is 4.39. The molecule has 1 fully saturated rings. The molecule has 5 heteroatoms. The molecule has 0 radical (unpaired) electrons. The number of hydrogen-bond acceptors (Lipinski definition) is 3. The number of likely N-dealkylation sites (tertiary alicyclic amines) is 1. The zero-order chi connectivity index (χ0) is 14.5. The fourth-order valence-electron chi connectivity index (χ4n) is 2.46. The van der Waals surface area contributed by atoms with E-state index < -0.39 is 0 Å². The molecule has 1 saturated heterocycles. The Morgan fingerprint density at radius 3 is 2.75 bits per heavy atom. The lowest BCUT2D eigenvalue weighted by Crippen LogP contribution is -2.39. The lowest BCUT2D eigenvalue weighted by molar-refractivity contribution is 0.0944. The zero-order valence-electron chi connectivity index (χ0n) is 11.9. The molecule has 0 aliphatic carbocycles. The average molecular weight is 296 g/mol. The summed E-state index contributed by atoms with van der Waals surface area (Å²) >= 11 is 5.90. The molecular formula is C15H22ClN3O. The Hall–Kier alpha value is -1.26. The summed E-state index contributed by atoms with van der Waals surface area (Å²) in [7, 11) is 0. The number of benzene rings is 1. The van der Waals surface area contributed by atoms with Crippen molar-refractivity contribution in [3.63, 3.8) is 0 Å². The molecule has 4 nitrogen and oxygen atoms in total. The summed E-state index contributed by atoms with van der Waals surface area (Å²) in [6.45, 7) is 6.10. The standard InChI is InChI=1S/C15H22ClN3O/c1-11-2-5-19(6-3-11)7-4-18-15(20)12-8-13(16)10-14(17)9-12/h8-11H,2-7,17H2,1H3,(H,18,20). The first kappa shape index (κ1) is 15.1. The number of hydrogen-bond donors (Lipinski definition) is 2. The highest BCUT2D eigenvalue weighted by molar-refractivity contribution is 6.31. The number of rotatable bonds is 4. The van der Waals surface area contributed by atoms with Gasteiger partial charge < -0.3 is 16.0 Å². The molecule has 0 bridgehead atoms. The van der Waals surface area contributed by atoms with E-state index >= 15 is 0 Å². The van der Waals surface area contributed by atoms with E-state index in [0.717, 1.165) is 25.6 Å². The fourth-order valence-corrected chi connectivity index (χ4v) is 2.70. The molecule has 1 aromatic carbocycles. The van der Waals surface area contributed by atoms with E-state index in [9.17, 15) is 4.79 Å². The van der Waals surface area contributed by atoms with Crippen molar-refractivity contribution in [1.82, 2.24) is 10.2 Å². The van der Waals surface area contributed by atoms with Crippen molar-refractivity contribution in [3.8, 4) is 0 Å². The predicted octanol–water partition coefficient (Wildman–Crippen LogP) is 2.38. The first-order chi connectivity index (χ1) is 9.54. The van der Waals surface area contributed by atoms with Gasteiger partial charge in [0.15, 0.2) is 0 Å². The predicted molar refractivity (Wildman–Crippen MR) is 83.0 cm³/mol. The number of halogens is 1. The Morgan fingerprint density at radius 2 is 2.10 bits per heavy atom. The van der Waals surface area contributed by atoms with Gasteiger partial charge in [-0.1, -0.05) is 18.5 Å². The number of carbonyl (C=O) groups excluding carboxylic acids is 1. The monoisotopic (exact) mass is 295 g/mol. The molecule has 110 valence electrons. The largest absolute Gasteiger partial charge is 0.399 e. The van der Waals surface area contributed by atoms with Gasteiger partial charge in [0.05, 0.1) is 0 Å². The van der Waals surface area contributed by atoms with Gasteiger partial charge in [-0.25, -0.2) is 0 Å². The number of nitrogens with one attached hydrogen (secondary N) is 1. The van der Waals surface area contributed by atoms with Crippen LogP contribution in [0.15, 0.2) is 18.2 Å². The molecule has 1 aliphatic rings. The number of nitrogens with two attached hydrogens (primary N) is 1. The smallest absolute Gasteiger partial charge is 0.251 e. The van der Waals surface area contributed by atoms with Crippen LogP contribution < -0.4 is 11.1 Å². The minimum Gasteiger partial charge on any atom is -0.399 e. The highest BCUT2D eigenvalue weighted by Crippen LogP contribution is 2.17. The van der Waals surface area contributed by atoms with Crippen LogP contribution in [0.5, 0.6) is 0 Å². The lowest BCUT2D eigenvalue weighted by atomic mass is 9.99. The van der Waals surface area contributed by atoms with Crippen LogP contribution in [0.25, 0.3) is 0 Å². The Balaban J connectivity index is 1.77. The molecule has 0 spiro atoms. The van der Waals surface area contributed by atoms with Crippen LogP contribution in [0.3, 0.4) is 0 Å². The minimum atomic E-state index is -0.121. The maximum Gasteiger partial charge on any atom is 0.251 e. The van der Waals surface area contributed by atoms with Crippen molar-refractivity contribution in [2.75, 3.05) is 31.9 Å². The summed E-state index contributed by atoms with van der Waals surface area (Å²) in [6.07, 6.45) is 2.50. The maximum atomic E-state index is 12.0. The van der Waals surface area contributed by atoms with Crippen molar-refractivity contribution in [1.29, 1.82) is 0 Å². The highest BCUT2D eigenvalue weighted by atomic mass is 35.5. The van der Waals surface area contributed by atoms with Gasteiger partial charge in [-0.05, 0) is 50.0 Å². The first-order valence-corrected chi connectivity index (χ1v) is 7.49. The second kappa shape index (κ2) is 6.95. The first-order valence-electron chi connectivity index (χ1n) is 7.11. The van der Waals surface area contributed by atoms with Crippen molar-refractivity contribution < 1.29 is 4.79 Å². The molecule has 1 heterocycles. The summed E-state index contributed by atoms with van der Waals surface area (Å²) in [5, 5.41) is 3.40. The van der Waals surface area contributed by atoms with Crippen LogP contribution in [-0.2, 0) is 0 Å². The molecule has 0 saturated carbocycles. The topological polar surface area (TPSA) is 58.4 Å². The van der Waals surface area contributed by atoms with Gasteiger partial charge in [-0.15, -0.1) is 0 Å². The van der Waals surface area contributed by atoms with Crippen molar-refractivity contribution in [2.24, 2.45) is 5.92 Å². The summed E-state index contributed by atoms with van der Waals surface area (Å²) < 4.78 is 0. The van der Waals surface area contributed by atoms with Gasteiger partial charge in [-0.2, -0.15) is 0 Å². The Morgan fingerprint density at radius 1 is 1.40 bits per heavy atom. The molecule has 1 amide bonds. The molecule has 3 N–H and O–H groups in total.